The van der Waals surface area contributed by atoms with Gasteiger partial charge >= 0.3 is 0 Å². The second kappa shape index (κ2) is 7.01. The van der Waals surface area contributed by atoms with Gasteiger partial charge in [-0.2, -0.15) is 0 Å². The summed E-state index contributed by atoms with van der Waals surface area (Å²) in [5.74, 6) is -1.20. The normalized spacial score (nSPS) is 18.8. The highest BCUT2D eigenvalue weighted by molar-refractivity contribution is 6.36. The van der Waals surface area contributed by atoms with E-state index >= 15 is 0 Å². The van der Waals surface area contributed by atoms with E-state index in [0.29, 0.717) is 32.9 Å². The van der Waals surface area contributed by atoms with Gasteiger partial charge in [0.1, 0.15) is 0 Å². The molecule has 2 aromatic carbocycles. The molecule has 0 aromatic heterocycles. The molecule has 3 rings (SSSR count). The third-order valence-corrected chi connectivity index (χ3v) is 4.66. The average Bonchev–Trinajstić information content (AvgIpc) is 3.33. The van der Waals surface area contributed by atoms with Crippen LogP contribution in [0.4, 0.5) is 11.4 Å². The number of carbonyl (C=O) groups is 2. The molecule has 1 aliphatic carbocycles. The third-order valence-electron chi connectivity index (χ3n) is 3.78. The van der Waals surface area contributed by atoms with Crippen molar-refractivity contribution in [3.8, 4) is 0 Å². The quantitative estimate of drug-likeness (QED) is 0.792. The van der Waals surface area contributed by atoms with Crippen molar-refractivity contribution in [3.05, 3.63) is 57.5 Å². The van der Waals surface area contributed by atoms with Crippen LogP contribution in [0, 0.1) is 11.8 Å². The van der Waals surface area contributed by atoms with Crippen LogP contribution in [-0.4, -0.2) is 11.8 Å². The van der Waals surface area contributed by atoms with Gasteiger partial charge < -0.3 is 10.6 Å². The first-order chi connectivity index (χ1) is 11.5. The van der Waals surface area contributed by atoms with Crippen molar-refractivity contribution in [2.45, 2.75) is 6.42 Å². The Hall–Kier alpha value is -1.75. The molecule has 1 aliphatic rings. The molecule has 24 heavy (non-hydrogen) atoms. The maximum Gasteiger partial charge on any atom is 0.228 e. The number of hydrogen-bond donors (Lipinski definition) is 2. The average molecular weight is 384 g/mol. The highest BCUT2D eigenvalue weighted by Crippen LogP contribution is 2.41. The van der Waals surface area contributed by atoms with Crippen LogP contribution in [0.1, 0.15) is 6.42 Å². The number of carbonyl (C=O) groups excluding carboxylic acids is 2. The minimum Gasteiger partial charge on any atom is -0.325 e. The lowest BCUT2D eigenvalue weighted by molar-refractivity contribution is -0.122. The van der Waals surface area contributed by atoms with Crippen LogP contribution in [0.2, 0.25) is 15.1 Å². The van der Waals surface area contributed by atoms with Gasteiger partial charge in [0.15, 0.2) is 0 Å². The van der Waals surface area contributed by atoms with Crippen molar-refractivity contribution >= 4 is 58.0 Å². The molecule has 124 valence electrons. The van der Waals surface area contributed by atoms with Crippen molar-refractivity contribution in [1.29, 1.82) is 0 Å². The SMILES string of the molecule is O=C(Nc1ccccc1Cl)C1CC1C(=O)Nc1ccc(Cl)cc1Cl. The highest BCUT2D eigenvalue weighted by atomic mass is 35.5. The number of anilines is 2. The van der Waals surface area contributed by atoms with Crippen LogP contribution in [0.25, 0.3) is 0 Å². The van der Waals surface area contributed by atoms with Crippen LogP contribution >= 0.6 is 34.8 Å². The maximum atomic E-state index is 12.2. The van der Waals surface area contributed by atoms with Gasteiger partial charge in [-0.25, -0.2) is 0 Å². The lowest BCUT2D eigenvalue weighted by Gasteiger charge is -2.08. The summed E-state index contributed by atoms with van der Waals surface area (Å²) in [6.45, 7) is 0. The van der Waals surface area contributed by atoms with Gasteiger partial charge in [0, 0.05) is 5.02 Å². The van der Waals surface area contributed by atoms with E-state index in [1.165, 1.54) is 0 Å². The second-order valence-corrected chi connectivity index (χ2v) is 6.78. The molecule has 2 N–H and O–H groups in total. The summed E-state index contributed by atoms with van der Waals surface area (Å²) in [4.78, 5) is 24.4. The van der Waals surface area contributed by atoms with E-state index in [1.807, 2.05) is 0 Å². The van der Waals surface area contributed by atoms with Crippen LogP contribution in [-0.2, 0) is 9.59 Å². The number of halogens is 3. The minimum atomic E-state index is -0.376. The Morgan fingerprint density at radius 2 is 1.42 bits per heavy atom. The lowest BCUT2D eigenvalue weighted by Crippen LogP contribution is -2.20. The summed E-state index contributed by atoms with van der Waals surface area (Å²) < 4.78 is 0. The summed E-state index contributed by atoms with van der Waals surface area (Å²) >= 11 is 17.9. The number of hydrogen-bond acceptors (Lipinski definition) is 2. The van der Waals surface area contributed by atoms with Gasteiger partial charge in [0.25, 0.3) is 0 Å². The van der Waals surface area contributed by atoms with Gasteiger partial charge in [0.2, 0.25) is 11.8 Å². The van der Waals surface area contributed by atoms with Crippen molar-refractivity contribution in [1.82, 2.24) is 0 Å². The Bertz CT molecular complexity index is 810. The number of nitrogens with one attached hydrogen (secondary N) is 2. The van der Waals surface area contributed by atoms with E-state index in [2.05, 4.69) is 10.6 Å². The number of amides is 2. The Kier molecular flexibility index (Phi) is 4.99. The number of benzene rings is 2. The Balaban J connectivity index is 1.59. The fourth-order valence-electron chi connectivity index (χ4n) is 2.38. The molecule has 0 bridgehead atoms. The molecule has 0 radical (unpaired) electrons. The van der Waals surface area contributed by atoms with Gasteiger partial charge in [-0.1, -0.05) is 46.9 Å². The molecule has 0 saturated heterocycles. The molecular weight excluding hydrogens is 371 g/mol. The molecule has 0 aliphatic heterocycles. The van der Waals surface area contributed by atoms with E-state index in [1.54, 1.807) is 42.5 Å². The Morgan fingerprint density at radius 1 is 0.833 bits per heavy atom. The molecular formula is C17H13Cl3N2O2. The fraction of sp³-hybridized carbons (Fsp3) is 0.176. The first-order valence-electron chi connectivity index (χ1n) is 7.27. The highest BCUT2D eigenvalue weighted by Gasteiger charge is 2.48. The van der Waals surface area contributed by atoms with E-state index in [-0.39, 0.29) is 23.7 Å². The second-order valence-electron chi connectivity index (χ2n) is 5.53. The topological polar surface area (TPSA) is 58.2 Å². The summed E-state index contributed by atoms with van der Waals surface area (Å²) in [6.07, 6.45) is 0.493. The van der Waals surface area contributed by atoms with Crippen molar-refractivity contribution < 1.29 is 9.59 Å². The number of para-hydroxylation sites is 1. The predicted octanol–water partition coefficient (Wildman–Crippen LogP) is 4.86. The van der Waals surface area contributed by atoms with Crippen molar-refractivity contribution in [2.24, 2.45) is 11.8 Å². The van der Waals surface area contributed by atoms with E-state index in [0.717, 1.165) is 0 Å². The van der Waals surface area contributed by atoms with Crippen LogP contribution < -0.4 is 10.6 Å². The van der Waals surface area contributed by atoms with Gasteiger partial charge in [0.05, 0.1) is 33.3 Å². The first-order valence-corrected chi connectivity index (χ1v) is 8.40. The van der Waals surface area contributed by atoms with Crippen LogP contribution in [0.15, 0.2) is 42.5 Å². The Morgan fingerprint density at radius 3 is 2.00 bits per heavy atom. The van der Waals surface area contributed by atoms with E-state index < -0.39 is 0 Å². The van der Waals surface area contributed by atoms with E-state index in [4.69, 9.17) is 34.8 Å². The minimum absolute atomic E-state index is 0.217. The monoisotopic (exact) mass is 382 g/mol. The molecule has 0 heterocycles. The number of rotatable bonds is 4. The standard InChI is InChI=1S/C17H13Cl3N2O2/c18-9-5-6-15(13(20)7-9)22-17(24)11-8-10(11)16(23)21-14-4-2-1-3-12(14)19/h1-7,10-11H,8H2,(H,21,23)(H,22,24). The molecule has 7 heteroatoms. The molecule has 2 unspecified atom stereocenters. The zero-order chi connectivity index (χ0) is 17.3. The maximum absolute atomic E-state index is 12.2. The summed E-state index contributed by atoms with van der Waals surface area (Å²) in [7, 11) is 0. The van der Waals surface area contributed by atoms with Crippen LogP contribution in [0.3, 0.4) is 0 Å². The van der Waals surface area contributed by atoms with Crippen LogP contribution in [0.5, 0.6) is 0 Å². The van der Waals surface area contributed by atoms with Crippen molar-refractivity contribution in [2.75, 3.05) is 10.6 Å². The molecule has 1 saturated carbocycles. The first kappa shape index (κ1) is 17.1. The fourth-order valence-corrected chi connectivity index (χ4v) is 3.02. The van der Waals surface area contributed by atoms with Gasteiger partial charge in [-0.15, -0.1) is 0 Å². The van der Waals surface area contributed by atoms with Gasteiger partial charge in [-0.05, 0) is 36.8 Å². The van der Waals surface area contributed by atoms with Crippen molar-refractivity contribution in [3.63, 3.8) is 0 Å². The molecule has 2 amide bonds. The van der Waals surface area contributed by atoms with E-state index in [9.17, 15) is 9.59 Å². The zero-order valence-corrected chi connectivity index (χ0v) is 14.6. The molecule has 4 nitrogen and oxygen atoms in total. The summed E-state index contributed by atoms with van der Waals surface area (Å²) in [5, 5.41) is 6.77. The smallest absolute Gasteiger partial charge is 0.228 e. The third kappa shape index (κ3) is 3.83. The molecule has 0 spiro atoms. The predicted molar refractivity (Wildman–Crippen MR) is 96.8 cm³/mol. The molecule has 2 aromatic rings. The zero-order valence-electron chi connectivity index (χ0n) is 12.4. The Labute approximate surface area is 154 Å². The molecule has 2 atom stereocenters. The summed E-state index contributed by atoms with van der Waals surface area (Å²) in [5.41, 5.74) is 1.01. The molecule has 1 fully saturated rings. The lowest BCUT2D eigenvalue weighted by atomic mass is 10.2. The van der Waals surface area contributed by atoms with Gasteiger partial charge in [-0.3, -0.25) is 9.59 Å². The largest absolute Gasteiger partial charge is 0.325 e. The summed E-state index contributed by atoms with van der Waals surface area (Å²) in [6, 6.07) is 11.8.